The molecule has 2 rings (SSSR count). The molecule has 0 spiro atoms. The molecule has 0 saturated carbocycles. The monoisotopic (exact) mass is 296 g/mol. The molecule has 1 aliphatic rings. The van der Waals surface area contributed by atoms with Crippen LogP contribution in [0.15, 0.2) is 24.3 Å². The van der Waals surface area contributed by atoms with Gasteiger partial charge in [0, 0.05) is 18.8 Å². The third-order valence-corrected chi connectivity index (χ3v) is 5.91. The summed E-state index contributed by atoms with van der Waals surface area (Å²) in [6.07, 6.45) is 0.949. The molecule has 0 aliphatic carbocycles. The summed E-state index contributed by atoms with van der Waals surface area (Å²) in [6.45, 7) is 7.80. The SMILES string of the molecule is CC(C)(C)C1CCN(S(=O)(=O)Cc2ccc(N)cc2)C1. The molecule has 0 amide bonds. The van der Waals surface area contributed by atoms with Gasteiger partial charge in [0.1, 0.15) is 0 Å². The van der Waals surface area contributed by atoms with Crippen LogP contribution in [0.3, 0.4) is 0 Å². The lowest BCUT2D eigenvalue weighted by Gasteiger charge is -2.26. The standard InChI is InChI=1S/C15H24N2O2S/c1-15(2,3)13-8-9-17(10-13)20(18,19)11-12-4-6-14(16)7-5-12/h4-7,13H,8-11,16H2,1-3H3. The lowest BCUT2D eigenvalue weighted by Crippen LogP contribution is -2.32. The van der Waals surface area contributed by atoms with Gasteiger partial charge >= 0.3 is 0 Å². The molecule has 2 N–H and O–H groups in total. The summed E-state index contributed by atoms with van der Waals surface area (Å²) in [5.41, 5.74) is 7.22. The first-order valence-electron chi connectivity index (χ1n) is 7.01. The summed E-state index contributed by atoms with van der Waals surface area (Å²) in [4.78, 5) is 0. The van der Waals surface area contributed by atoms with Crippen molar-refractivity contribution in [3.8, 4) is 0 Å². The molecule has 1 aromatic carbocycles. The van der Waals surface area contributed by atoms with Crippen molar-refractivity contribution in [2.75, 3.05) is 18.8 Å². The Balaban J connectivity index is 2.07. The van der Waals surface area contributed by atoms with Crippen molar-refractivity contribution >= 4 is 15.7 Å². The van der Waals surface area contributed by atoms with E-state index in [1.807, 2.05) is 0 Å². The molecule has 1 aliphatic heterocycles. The van der Waals surface area contributed by atoms with E-state index in [1.54, 1.807) is 28.6 Å². The van der Waals surface area contributed by atoms with Gasteiger partial charge in [0.15, 0.2) is 0 Å². The van der Waals surface area contributed by atoms with E-state index in [0.717, 1.165) is 12.0 Å². The van der Waals surface area contributed by atoms with Gasteiger partial charge in [-0.25, -0.2) is 12.7 Å². The zero-order chi connectivity index (χ0) is 15.0. The highest BCUT2D eigenvalue weighted by molar-refractivity contribution is 7.88. The molecule has 1 unspecified atom stereocenters. The topological polar surface area (TPSA) is 63.4 Å². The number of sulfonamides is 1. The first-order valence-corrected chi connectivity index (χ1v) is 8.61. The van der Waals surface area contributed by atoms with Crippen LogP contribution in [0, 0.1) is 11.3 Å². The minimum absolute atomic E-state index is 0.0597. The second-order valence-corrected chi connectivity index (χ2v) is 8.68. The maximum Gasteiger partial charge on any atom is 0.218 e. The Kier molecular flexibility index (Phi) is 4.12. The third kappa shape index (κ3) is 3.52. The number of nitrogens with two attached hydrogens (primary N) is 1. The van der Waals surface area contributed by atoms with Gasteiger partial charge < -0.3 is 5.73 Å². The Hall–Kier alpha value is -1.07. The van der Waals surface area contributed by atoms with Gasteiger partial charge in [-0.3, -0.25) is 0 Å². The van der Waals surface area contributed by atoms with E-state index < -0.39 is 10.0 Å². The van der Waals surface area contributed by atoms with E-state index in [1.165, 1.54) is 0 Å². The molecule has 5 heteroatoms. The smallest absolute Gasteiger partial charge is 0.218 e. The highest BCUT2D eigenvalue weighted by atomic mass is 32.2. The van der Waals surface area contributed by atoms with Crippen molar-refractivity contribution in [3.63, 3.8) is 0 Å². The van der Waals surface area contributed by atoms with Crippen molar-refractivity contribution in [1.82, 2.24) is 4.31 Å². The first-order chi connectivity index (χ1) is 9.18. The summed E-state index contributed by atoms with van der Waals surface area (Å²) in [5.74, 6) is 0.494. The normalized spacial score (nSPS) is 21.2. The Morgan fingerprint density at radius 2 is 1.85 bits per heavy atom. The average Bonchev–Trinajstić information content (AvgIpc) is 2.82. The van der Waals surface area contributed by atoms with Crippen LogP contribution < -0.4 is 5.73 Å². The number of anilines is 1. The molecular formula is C15H24N2O2S. The van der Waals surface area contributed by atoms with Crippen LogP contribution in [0.25, 0.3) is 0 Å². The van der Waals surface area contributed by atoms with Crippen LogP contribution in [-0.2, 0) is 15.8 Å². The van der Waals surface area contributed by atoms with Crippen molar-refractivity contribution in [1.29, 1.82) is 0 Å². The number of nitrogens with zero attached hydrogens (tertiary/aromatic N) is 1. The fourth-order valence-corrected chi connectivity index (χ4v) is 4.19. The van der Waals surface area contributed by atoms with Crippen molar-refractivity contribution in [2.45, 2.75) is 32.9 Å². The Morgan fingerprint density at radius 1 is 1.25 bits per heavy atom. The maximum absolute atomic E-state index is 12.5. The molecule has 20 heavy (non-hydrogen) atoms. The van der Waals surface area contributed by atoms with Gasteiger partial charge in [-0.05, 0) is 35.4 Å². The van der Waals surface area contributed by atoms with Crippen molar-refractivity contribution < 1.29 is 8.42 Å². The highest BCUT2D eigenvalue weighted by Crippen LogP contribution is 2.35. The van der Waals surface area contributed by atoms with Gasteiger partial charge in [0.05, 0.1) is 5.75 Å². The second-order valence-electron chi connectivity index (χ2n) is 6.71. The van der Waals surface area contributed by atoms with Crippen LogP contribution in [0.2, 0.25) is 0 Å². The predicted molar refractivity (Wildman–Crippen MR) is 82.6 cm³/mol. The van der Waals surface area contributed by atoms with Crippen molar-refractivity contribution in [3.05, 3.63) is 29.8 Å². The molecule has 4 nitrogen and oxygen atoms in total. The van der Waals surface area contributed by atoms with E-state index in [-0.39, 0.29) is 11.2 Å². The Labute approximate surface area is 122 Å². The molecule has 112 valence electrons. The maximum atomic E-state index is 12.5. The number of hydrogen-bond donors (Lipinski definition) is 1. The number of hydrogen-bond acceptors (Lipinski definition) is 3. The van der Waals surface area contributed by atoms with Gasteiger partial charge in [-0.1, -0.05) is 32.9 Å². The quantitative estimate of drug-likeness (QED) is 0.872. The van der Waals surface area contributed by atoms with E-state index in [0.29, 0.717) is 24.7 Å². The minimum Gasteiger partial charge on any atom is -0.399 e. The largest absolute Gasteiger partial charge is 0.399 e. The lowest BCUT2D eigenvalue weighted by atomic mass is 9.80. The van der Waals surface area contributed by atoms with E-state index in [4.69, 9.17) is 5.73 Å². The average molecular weight is 296 g/mol. The Bertz CT molecular complexity index is 559. The summed E-state index contributed by atoms with van der Waals surface area (Å²) in [7, 11) is -3.23. The van der Waals surface area contributed by atoms with Crippen LogP contribution >= 0.6 is 0 Å². The number of benzene rings is 1. The fourth-order valence-electron chi connectivity index (χ4n) is 2.60. The molecule has 1 aromatic rings. The number of nitrogen functional groups attached to an aromatic ring is 1. The predicted octanol–water partition coefficient (Wildman–Crippen LogP) is 2.47. The van der Waals surface area contributed by atoms with Crippen LogP contribution in [0.4, 0.5) is 5.69 Å². The minimum atomic E-state index is -3.23. The first kappa shape index (κ1) is 15.3. The summed E-state index contributed by atoms with van der Waals surface area (Å²) in [6, 6.07) is 7.05. The molecule has 1 fully saturated rings. The summed E-state index contributed by atoms with van der Waals surface area (Å²) >= 11 is 0. The fraction of sp³-hybridized carbons (Fsp3) is 0.600. The molecule has 0 aromatic heterocycles. The van der Waals surface area contributed by atoms with Gasteiger partial charge in [-0.2, -0.15) is 0 Å². The molecular weight excluding hydrogens is 272 g/mol. The molecule has 0 radical (unpaired) electrons. The van der Waals surface area contributed by atoms with Crippen LogP contribution in [-0.4, -0.2) is 25.8 Å². The highest BCUT2D eigenvalue weighted by Gasteiger charge is 2.36. The molecule has 1 atom stereocenters. The third-order valence-electron chi connectivity index (χ3n) is 4.10. The Morgan fingerprint density at radius 3 is 2.35 bits per heavy atom. The van der Waals surface area contributed by atoms with Crippen molar-refractivity contribution in [2.24, 2.45) is 11.3 Å². The zero-order valence-corrected chi connectivity index (χ0v) is 13.3. The molecule has 1 saturated heterocycles. The van der Waals surface area contributed by atoms with E-state index >= 15 is 0 Å². The number of rotatable bonds is 3. The molecule has 0 bridgehead atoms. The lowest BCUT2D eigenvalue weighted by molar-refractivity contribution is 0.252. The second kappa shape index (κ2) is 5.37. The van der Waals surface area contributed by atoms with Gasteiger partial charge in [0.25, 0.3) is 0 Å². The van der Waals surface area contributed by atoms with Gasteiger partial charge in [0.2, 0.25) is 10.0 Å². The van der Waals surface area contributed by atoms with E-state index in [2.05, 4.69) is 20.8 Å². The van der Waals surface area contributed by atoms with Crippen LogP contribution in [0.1, 0.15) is 32.8 Å². The van der Waals surface area contributed by atoms with Gasteiger partial charge in [-0.15, -0.1) is 0 Å². The van der Waals surface area contributed by atoms with E-state index in [9.17, 15) is 8.42 Å². The van der Waals surface area contributed by atoms with Crippen LogP contribution in [0.5, 0.6) is 0 Å². The zero-order valence-electron chi connectivity index (χ0n) is 12.5. The summed E-state index contributed by atoms with van der Waals surface area (Å²) in [5, 5.41) is 0. The summed E-state index contributed by atoms with van der Waals surface area (Å²) < 4.78 is 26.5. The molecule has 1 heterocycles.